The van der Waals surface area contributed by atoms with E-state index in [2.05, 4.69) is 29.8 Å². The van der Waals surface area contributed by atoms with E-state index in [1.54, 1.807) is 6.08 Å². The molecule has 0 aromatic rings. The Morgan fingerprint density at radius 3 is 2.68 bits per heavy atom. The molecule has 1 aliphatic heterocycles. The fourth-order valence-corrected chi connectivity index (χ4v) is 2.27. The zero-order chi connectivity index (χ0) is 14.3. The van der Waals surface area contributed by atoms with E-state index >= 15 is 0 Å². The van der Waals surface area contributed by atoms with E-state index < -0.39 is 0 Å². The lowest BCUT2D eigenvalue weighted by molar-refractivity contribution is -0.117. The summed E-state index contributed by atoms with van der Waals surface area (Å²) in [7, 11) is 3.96. The van der Waals surface area contributed by atoms with Crippen molar-refractivity contribution in [3.05, 3.63) is 12.2 Å². The van der Waals surface area contributed by atoms with E-state index in [-0.39, 0.29) is 11.9 Å². The molecule has 1 unspecified atom stereocenters. The van der Waals surface area contributed by atoms with Gasteiger partial charge in [-0.15, -0.1) is 0 Å². The largest absolute Gasteiger partial charge is 0.348 e. The first-order valence-corrected chi connectivity index (χ1v) is 7.06. The molecule has 5 nitrogen and oxygen atoms in total. The Morgan fingerprint density at radius 2 is 2.05 bits per heavy atom. The summed E-state index contributed by atoms with van der Waals surface area (Å²) in [5.41, 5.74) is 0. The fraction of sp³-hybridized carbons (Fsp3) is 0.786. The van der Waals surface area contributed by atoms with Crippen molar-refractivity contribution in [3.8, 4) is 0 Å². The second kappa shape index (κ2) is 8.30. The van der Waals surface area contributed by atoms with Gasteiger partial charge in [0.05, 0.1) is 0 Å². The van der Waals surface area contributed by atoms with Crippen molar-refractivity contribution < 1.29 is 4.79 Å². The second-order valence-electron chi connectivity index (χ2n) is 5.78. The summed E-state index contributed by atoms with van der Waals surface area (Å²) in [5.74, 6) is -0.00107. The SMILES string of the molecule is CC(C)N[C@H]1CNCC(NC(=O)/C=C/CN(C)C)C1. The number of rotatable bonds is 6. The first-order valence-electron chi connectivity index (χ1n) is 7.06. The average Bonchev–Trinajstić information content (AvgIpc) is 2.27. The van der Waals surface area contributed by atoms with Crippen molar-refractivity contribution in [2.75, 3.05) is 33.7 Å². The minimum absolute atomic E-state index is 0.00107. The standard InChI is InChI=1S/C14H28N4O/c1-11(2)16-12-8-13(10-15-9-12)17-14(19)6-5-7-18(3)4/h5-6,11-13,15-16H,7-10H2,1-4H3,(H,17,19)/b6-5+/t12-,13?/m1/s1. The number of carbonyl (C=O) groups excluding carboxylic acids is 1. The van der Waals surface area contributed by atoms with Crippen LogP contribution in [0.5, 0.6) is 0 Å². The molecule has 0 aliphatic carbocycles. The summed E-state index contributed by atoms with van der Waals surface area (Å²) in [6.45, 7) is 6.90. The number of likely N-dealkylation sites (N-methyl/N-ethyl adjacent to an activating group) is 1. The number of nitrogens with zero attached hydrogens (tertiary/aromatic N) is 1. The minimum atomic E-state index is -0.00107. The van der Waals surface area contributed by atoms with Crippen LogP contribution in [0.3, 0.4) is 0 Å². The topological polar surface area (TPSA) is 56.4 Å². The molecule has 0 aromatic carbocycles. The molecule has 5 heteroatoms. The Hall–Kier alpha value is -0.910. The van der Waals surface area contributed by atoms with Crippen LogP contribution in [-0.2, 0) is 4.79 Å². The molecule has 0 saturated carbocycles. The number of piperidine rings is 1. The first kappa shape index (κ1) is 16.1. The number of amides is 1. The highest BCUT2D eigenvalue weighted by Gasteiger charge is 2.22. The van der Waals surface area contributed by atoms with Gasteiger partial charge >= 0.3 is 0 Å². The van der Waals surface area contributed by atoms with Crippen LogP contribution in [-0.4, -0.2) is 62.7 Å². The van der Waals surface area contributed by atoms with Crippen LogP contribution >= 0.6 is 0 Å². The lowest BCUT2D eigenvalue weighted by Crippen LogP contribution is -2.55. The van der Waals surface area contributed by atoms with E-state index in [1.165, 1.54) is 0 Å². The van der Waals surface area contributed by atoms with Crippen LogP contribution < -0.4 is 16.0 Å². The third-order valence-corrected chi connectivity index (χ3v) is 3.01. The van der Waals surface area contributed by atoms with E-state index in [4.69, 9.17) is 0 Å². The molecule has 0 bridgehead atoms. The van der Waals surface area contributed by atoms with Gasteiger partial charge < -0.3 is 20.9 Å². The molecule has 1 heterocycles. The van der Waals surface area contributed by atoms with Gasteiger partial charge in [-0.3, -0.25) is 4.79 Å². The Bertz CT molecular complexity index is 302. The van der Waals surface area contributed by atoms with E-state index in [0.717, 1.165) is 26.1 Å². The summed E-state index contributed by atoms with van der Waals surface area (Å²) in [5, 5.41) is 9.91. The summed E-state index contributed by atoms with van der Waals surface area (Å²) in [4.78, 5) is 13.8. The van der Waals surface area contributed by atoms with Crippen LogP contribution in [0, 0.1) is 0 Å². The smallest absolute Gasteiger partial charge is 0.243 e. The molecule has 1 fully saturated rings. The Labute approximate surface area is 116 Å². The predicted molar refractivity (Wildman–Crippen MR) is 79.2 cm³/mol. The quantitative estimate of drug-likeness (QED) is 0.591. The average molecular weight is 268 g/mol. The van der Waals surface area contributed by atoms with Gasteiger partial charge in [0.25, 0.3) is 0 Å². The first-order chi connectivity index (χ1) is 8.97. The third-order valence-electron chi connectivity index (χ3n) is 3.01. The van der Waals surface area contributed by atoms with Crippen LogP contribution in [0.1, 0.15) is 20.3 Å². The van der Waals surface area contributed by atoms with Crippen molar-refractivity contribution >= 4 is 5.91 Å². The maximum atomic E-state index is 11.8. The van der Waals surface area contributed by atoms with Gasteiger partial charge in [0.15, 0.2) is 0 Å². The Morgan fingerprint density at radius 1 is 1.37 bits per heavy atom. The minimum Gasteiger partial charge on any atom is -0.348 e. The Balaban J connectivity index is 2.31. The van der Waals surface area contributed by atoms with Gasteiger partial charge in [-0.25, -0.2) is 0 Å². The van der Waals surface area contributed by atoms with Gasteiger partial charge in [-0.1, -0.05) is 19.9 Å². The molecule has 2 atom stereocenters. The zero-order valence-electron chi connectivity index (χ0n) is 12.6. The number of hydrogen-bond donors (Lipinski definition) is 3. The van der Waals surface area contributed by atoms with E-state index in [0.29, 0.717) is 12.1 Å². The molecule has 1 amide bonds. The molecular formula is C14H28N4O. The van der Waals surface area contributed by atoms with E-state index in [1.807, 2.05) is 25.1 Å². The van der Waals surface area contributed by atoms with Crippen LogP contribution in [0.2, 0.25) is 0 Å². The molecule has 19 heavy (non-hydrogen) atoms. The number of carbonyl (C=O) groups is 1. The fourth-order valence-electron chi connectivity index (χ4n) is 2.27. The molecule has 110 valence electrons. The van der Waals surface area contributed by atoms with Crippen LogP contribution in [0.4, 0.5) is 0 Å². The molecule has 0 radical (unpaired) electrons. The highest BCUT2D eigenvalue weighted by molar-refractivity contribution is 5.87. The second-order valence-corrected chi connectivity index (χ2v) is 5.78. The lowest BCUT2D eigenvalue weighted by atomic mass is 10.0. The molecule has 0 spiro atoms. The highest BCUT2D eigenvalue weighted by atomic mass is 16.1. The summed E-state index contributed by atoms with van der Waals surface area (Å²) < 4.78 is 0. The highest BCUT2D eigenvalue weighted by Crippen LogP contribution is 2.04. The van der Waals surface area contributed by atoms with Gasteiger partial charge in [0.1, 0.15) is 0 Å². The van der Waals surface area contributed by atoms with Crippen molar-refractivity contribution in [3.63, 3.8) is 0 Å². The van der Waals surface area contributed by atoms with Crippen molar-refractivity contribution in [1.29, 1.82) is 0 Å². The zero-order valence-corrected chi connectivity index (χ0v) is 12.6. The Kier molecular flexibility index (Phi) is 7.05. The van der Waals surface area contributed by atoms with E-state index in [9.17, 15) is 4.79 Å². The lowest BCUT2D eigenvalue weighted by Gasteiger charge is -2.32. The van der Waals surface area contributed by atoms with Gasteiger partial charge in [-0.2, -0.15) is 0 Å². The molecule has 1 saturated heterocycles. The van der Waals surface area contributed by atoms with Crippen LogP contribution in [0.15, 0.2) is 12.2 Å². The maximum absolute atomic E-state index is 11.8. The third kappa shape index (κ3) is 7.30. The molecule has 0 aromatic heterocycles. The van der Waals surface area contributed by atoms with Gasteiger partial charge in [0, 0.05) is 43.8 Å². The van der Waals surface area contributed by atoms with Gasteiger partial charge in [0.2, 0.25) is 5.91 Å². The number of hydrogen-bond acceptors (Lipinski definition) is 4. The molecule has 1 aliphatic rings. The molecular weight excluding hydrogens is 240 g/mol. The maximum Gasteiger partial charge on any atom is 0.243 e. The normalized spacial score (nSPS) is 24.3. The summed E-state index contributed by atoms with van der Waals surface area (Å²) >= 11 is 0. The summed E-state index contributed by atoms with van der Waals surface area (Å²) in [6, 6.07) is 1.12. The monoisotopic (exact) mass is 268 g/mol. The van der Waals surface area contributed by atoms with Crippen LogP contribution in [0.25, 0.3) is 0 Å². The molecule has 1 rings (SSSR count). The van der Waals surface area contributed by atoms with Crippen molar-refractivity contribution in [1.82, 2.24) is 20.9 Å². The van der Waals surface area contributed by atoms with Crippen molar-refractivity contribution in [2.45, 2.75) is 38.4 Å². The summed E-state index contributed by atoms with van der Waals surface area (Å²) in [6.07, 6.45) is 4.49. The predicted octanol–water partition coefficient (Wildman–Crippen LogP) is -0.0511. The van der Waals surface area contributed by atoms with Crippen molar-refractivity contribution in [2.24, 2.45) is 0 Å². The van der Waals surface area contributed by atoms with Gasteiger partial charge in [-0.05, 0) is 20.5 Å². The molecule has 3 N–H and O–H groups in total. The number of nitrogens with one attached hydrogen (secondary N) is 3.